The minimum absolute atomic E-state index is 0.0670. The Labute approximate surface area is 208 Å². The summed E-state index contributed by atoms with van der Waals surface area (Å²) in [7, 11) is 1.66. The molecule has 8 heteroatoms. The van der Waals surface area contributed by atoms with Gasteiger partial charge in [-0.2, -0.15) is 0 Å². The van der Waals surface area contributed by atoms with Gasteiger partial charge in [-0.3, -0.25) is 4.79 Å². The van der Waals surface area contributed by atoms with E-state index in [-0.39, 0.29) is 5.91 Å². The van der Waals surface area contributed by atoms with Crippen LogP contribution in [-0.2, 0) is 5.75 Å². The summed E-state index contributed by atoms with van der Waals surface area (Å²) in [4.78, 5) is 17.1. The van der Waals surface area contributed by atoms with E-state index in [0.29, 0.717) is 24.6 Å². The van der Waals surface area contributed by atoms with Gasteiger partial charge in [-0.25, -0.2) is 0 Å². The van der Waals surface area contributed by atoms with E-state index in [1.807, 2.05) is 77.7 Å². The number of hydrogen-bond acceptors (Lipinski definition) is 7. The van der Waals surface area contributed by atoms with Crippen LogP contribution in [0.2, 0.25) is 0 Å². The third-order valence-corrected chi connectivity index (χ3v) is 6.89. The van der Waals surface area contributed by atoms with E-state index in [4.69, 9.17) is 9.15 Å². The van der Waals surface area contributed by atoms with Gasteiger partial charge in [-0.05, 0) is 48.5 Å². The van der Waals surface area contributed by atoms with Crippen molar-refractivity contribution in [2.75, 3.05) is 38.2 Å². The van der Waals surface area contributed by atoms with Crippen molar-refractivity contribution in [3.05, 3.63) is 90.4 Å². The van der Waals surface area contributed by atoms with Crippen LogP contribution in [-0.4, -0.2) is 54.3 Å². The molecule has 0 spiro atoms. The Kier molecular flexibility index (Phi) is 6.99. The lowest BCUT2D eigenvalue weighted by molar-refractivity contribution is 0.0713. The van der Waals surface area contributed by atoms with Crippen molar-refractivity contribution in [3.8, 4) is 17.0 Å². The Morgan fingerprint density at radius 2 is 1.69 bits per heavy atom. The second kappa shape index (κ2) is 10.7. The predicted molar refractivity (Wildman–Crippen MR) is 137 cm³/mol. The van der Waals surface area contributed by atoms with Crippen molar-refractivity contribution >= 4 is 23.4 Å². The van der Waals surface area contributed by atoms with Gasteiger partial charge in [-0.15, -0.1) is 10.2 Å². The van der Waals surface area contributed by atoms with Gasteiger partial charge in [-0.1, -0.05) is 42.1 Å². The van der Waals surface area contributed by atoms with Crippen LogP contribution >= 0.6 is 11.8 Å². The largest absolute Gasteiger partial charge is 0.497 e. The molecule has 4 aromatic rings. The van der Waals surface area contributed by atoms with Crippen LogP contribution in [0.5, 0.6) is 5.75 Å². The number of piperazine rings is 1. The van der Waals surface area contributed by atoms with E-state index in [9.17, 15) is 4.79 Å². The van der Waals surface area contributed by atoms with Gasteiger partial charge in [0, 0.05) is 37.4 Å². The molecule has 2 aromatic heterocycles. The summed E-state index contributed by atoms with van der Waals surface area (Å²) in [6.45, 7) is 2.86. The Bertz CT molecular complexity index is 1250. The number of thioether (sulfide) groups is 1. The number of amides is 1. The summed E-state index contributed by atoms with van der Waals surface area (Å²) in [5.41, 5.74) is 3.01. The van der Waals surface area contributed by atoms with E-state index in [1.165, 1.54) is 11.8 Å². The van der Waals surface area contributed by atoms with E-state index in [0.717, 1.165) is 46.6 Å². The van der Waals surface area contributed by atoms with Gasteiger partial charge >= 0.3 is 0 Å². The first-order chi connectivity index (χ1) is 17.2. The van der Waals surface area contributed by atoms with Gasteiger partial charge in [0.05, 0.1) is 18.6 Å². The summed E-state index contributed by atoms with van der Waals surface area (Å²) < 4.78 is 11.1. The fourth-order valence-corrected chi connectivity index (χ4v) is 4.70. The molecule has 178 valence electrons. The van der Waals surface area contributed by atoms with Crippen LogP contribution in [0.3, 0.4) is 0 Å². The third kappa shape index (κ3) is 5.49. The number of anilines is 1. The van der Waals surface area contributed by atoms with Crippen molar-refractivity contribution in [1.29, 1.82) is 0 Å². The fraction of sp³-hybridized carbons (Fsp3) is 0.222. The summed E-state index contributed by atoms with van der Waals surface area (Å²) in [6.07, 6.45) is 0. The van der Waals surface area contributed by atoms with Gasteiger partial charge in [0.15, 0.2) is 5.76 Å². The van der Waals surface area contributed by atoms with Crippen LogP contribution in [0.4, 0.5) is 5.69 Å². The number of benzene rings is 2. The van der Waals surface area contributed by atoms with Crippen LogP contribution in [0.15, 0.2) is 88.3 Å². The molecular weight excluding hydrogens is 460 g/mol. The average Bonchev–Trinajstić information content (AvgIpc) is 3.41. The zero-order chi connectivity index (χ0) is 24.0. The Morgan fingerprint density at radius 1 is 0.914 bits per heavy atom. The molecule has 0 N–H and O–H groups in total. The van der Waals surface area contributed by atoms with Gasteiger partial charge in [0.25, 0.3) is 5.91 Å². The number of carbonyl (C=O) groups is 1. The number of aromatic nitrogens is 2. The first kappa shape index (κ1) is 23.0. The summed E-state index contributed by atoms with van der Waals surface area (Å²) in [6, 6.07) is 25.5. The number of nitrogens with zero attached hydrogens (tertiary/aromatic N) is 4. The number of ether oxygens (including phenoxy) is 1. The SMILES string of the molecule is COc1ccc(N2CCN(C(=O)c3ccc(CSc4ccc(-c5ccccc5)nn4)o3)CC2)cc1. The summed E-state index contributed by atoms with van der Waals surface area (Å²) >= 11 is 1.53. The highest BCUT2D eigenvalue weighted by atomic mass is 32.2. The number of carbonyl (C=O) groups excluding carboxylic acids is 1. The normalized spacial score (nSPS) is 13.6. The number of methoxy groups -OCH3 is 1. The van der Waals surface area contributed by atoms with E-state index < -0.39 is 0 Å². The second-order valence-electron chi connectivity index (χ2n) is 8.15. The van der Waals surface area contributed by atoms with Crippen molar-refractivity contribution in [2.45, 2.75) is 10.8 Å². The molecular formula is C27H26N4O3S. The maximum atomic E-state index is 13.0. The van der Waals surface area contributed by atoms with E-state index in [2.05, 4.69) is 15.1 Å². The molecule has 2 aromatic carbocycles. The summed E-state index contributed by atoms with van der Waals surface area (Å²) in [5.74, 6) is 2.47. The molecule has 5 rings (SSSR count). The first-order valence-electron chi connectivity index (χ1n) is 11.5. The van der Waals surface area contributed by atoms with Crippen LogP contribution in [0.1, 0.15) is 16.3 Å². The van der Waals surface area contributed by atoms with Gasteiger partial charge in [0.1, 0.15) is 16.5 Å². The second-order valence-corrected chi connectivity index (χ2v) is 9.15. The Balaban J connectivity index is 1.13. The molecule has 1 fully saturated rings. The van der Waals surface area contributed by atoms with Crippen molar-refractivity contribution in [3.63, 3.8) is 0 Å². The molecule has 0 saturated carbocycles. The maximum absolute atomic E-state index is 13.0. The summed E-state index contributed by atoms with van der Waals surface area (Å²) in [5, 5.41) is 9.44. The highest BCUT2D eigenvalue weighted by molar-refractivity contribution is 7.98. The quantitative estimate of drug-likeness (QED) is 0.341. The highest BCUT2D eigenvalue weighted by Gasteiger charge is 2.24. The number of rotatable bonds is 7. The number of furan rings is 1. The van der Waals surface area contributed by atoms with E-state index in [1.54, 1.807) is 13.2 Å². The molecule has 0 aliphatic carbocycles. The van der Waals surface area contributed by atoms with Gasteiger partial charge in [0.2, 0.25) is 0 Å². The molecule has 3 heterocycles. The lowest BCUT2D eigenvalue weighted by Crippen LogP contribution is -2.48. The molecule has 35 heavy (non-hydrogen) atoms. The first-order valence-corrected chi connectivity index (χ1v) is 12.5. The zero-order valence-electron chi connectivity index (χ0n) is 19.5. The van der Waals surface area contributed by atoms with Crippen LogP contribution in [0, 0.1) is 0 Å². The topological polar surface area (TPSA) is 71.7 Å². The Hall–Kier alpha value is -3.78. The van der Waals surface area contributed by atoms with Crippen LogP contribution < -0.4 is 9.64 Å². The minimum Gasteiger partial charge on any atom is -0.497 e. The molecule has 1 aliphatic heterocycles. The lowest BCUT2D eigenvalue weighted by atomic mass is 10.1. The van der Waals surface area contributed by atoms with E-state index >= 15 is 0 Å². The third-order valence-electron chi connectivity index (χ3n) is 5.95. The molecule has 1 amide bonds. The Morgan fingerprint density at radius 3 is 2.37 bits per heavy atom. The van der Waals surface area contributed by atoms with Gasteiger partial charge < -0.3 is 19.0 Å². The molecule has 0 atom stereocenters. The number of hydrogen-bond donors (Lipinski definition) is 0. The smallest absolute Gasteiger partial charge is 0.289 e. The molecule has 1 aliphatic rings. The molecule has 0 bridgehead atoms. The minimum atomic E-state index is -0.0670. The predicted octanol–water partition coefficient (Wildman–Crippen LogP) is 5.00. The monoisotopic (exact) mass is 486 g/mol. The average molecular weight is 487 g/mol. The van der Waals surface area contributed by atoms with Crippen LogP contribution in [0.25, 0.3) is 11.3 Å². The zero-order valence-corrected chi connectivity index (χ0v) is 20.3. The molecule has 0 unspecified atom stereocenters. The van der Waals surface area contributed by atoms with Crippen molar-refractivity contribution in [1.82, 2.24) is 15.1 Å². The molecule has 0 radical (unpaired) electrons. The lowest BCUT2D eigenvalue weighted by Gasteiger charge is -2.35. The van der Waals surface area contributed by atoms with Crippen molar-refractivity contribution < 1.29 is 13.9 Å². The highest BCUT2D eigenvalue weighted by Crippen LogP contribution is 2.25. The fourth-order valence-electron chi connectivity index (χ4n) is 3.99. The molecule has 1 saturated heterocycles. The van der Waals surface area contributed by atoms with Crippen molar-refractivity contribution in [2.24, 2.45) is 0 Å². The molecule has 7 nitrogen and oxygen atoms in total. The standard InChI is InChI=1S/C27H26N4O3S/c1-33-22-9-7-21(8-10-22)30-15-17-31(18-16-30)27(32)25-13-11-23(34-25)19-35-26-14-12-24(28-29-26)20-5-3-2-4-6-20/h2-14H,15-19H2,1H3. The maximum Gasteiger partial charge on any atom is 0.289 e.